The highest BCUT2D eigenvalue weighted by Gasteiger charge is 2.02. The van der Waals surface area contributed by atoms with E-state index in [4.69, 9.17) is 0 Å². The van der Waals surface area contributed by atoms with Crippen LogP contribution in [0.4, 0.5) is 0 Å². The van der Waals surface area contributed by atoms with Crippen LogP contribution in [0.3, 0.4) is 0 Å². The third kappa shape index (κ3) is 0.801. The molecule has 0 fully saturated rings. The van der Waals surface area contributed by atoms with E-state index in [1.54, 1.807) is 6.20 Å². The molecule has 2 heterocycles. The van der Waals surface area contributed by atoms with Crippen LogP contribution in [0.25, 0.3) is 10.7 Å². The molecule has 0 spiro atoms. The van der Waals surface area contributed by atoms with E-state index < -0.39 is 0 Å². The lowest BCUT2D eigenvalue weighted by Crippen LogP contribution is -1.73. The summed E-state index contributed by atoms with van der Waals surface area (Å²) in [6, 6.07) is 0. The molecule has 10 heavy (non-hydrogen) atoms. The van der Waals surface area contributed by atoms with E-state index in [1.807, 2.05) is 5.38 Å². The molecule has 0 aliphatic carbocycles. The number of rotatable bonds is 1. The van der Waals surface area contributed by atoms with Crippen molar-refractivity contribution in [2.45, 2.75) is 0 Å². The molecule has 0 bridgehead atoms. The maximum Gasteiger partial charge on any atom is 0.163 e. The smallest absolute Gasteiger partial charge is 0.163 e. The minimum atomic E-state index is 0.690. The van der Waals surface area contributed by atoms with Crippen molar-refractivity contribution in [2.24, 2.45) is 0 Å². The second-order valence-electron chi connectivity index (χ2n) is 1.63. The van der Waals surface area contributed by atoms with Crippen LogP contribution < -0.4 is 0 Å². The van der Waals surface area contributed by atoms with Gasteiger partial charge in [0.25, 0.3) is 0 Å². The zero-order valence-corrected chi connectivity index (χ0v) is 5.71. The molecule has 50 valence electrons. The lowest BCUT2D eigenvalue weighted by atomic mass is 10.5. The largest absolute Gasteiger partial charge is 0.345 e. The summed E-state index contributed by atoms with van der Waals surface area (Å²) in [5.41, 5.74) is 0.690. The Bertz CT molecular complexity index is 256. The first-order valence-electron chi connectivity index (χ1n) is 2.64. The minimum Gasteiger partial charge on any atom is -0.345 e. The van der Waals surface area contributed by atoms with E-state index in [2.05, 4.69) is 19.9 Å². The van der Waals surface area contributed by atoms with Gasteiger partial charge in [0.1, 0.15) is 5.01 Å². The Kier molecular flexibility index (Phi) is 1.21. The molecule has 4 nitrogen and oxygen atoms in total. The predicted octanol–water partition coefficient (Wildman–Crippen LogP) is 1.19. The van der Waals surface area contributed by atoms with Crippen LogP contribution in [0.1, 0.15) is 0 Å². The highest BCUT2D eigenvalue weighted by atomic mass is 32.1. The molecule has 2 rings (SSSR count). The first-order valence-corrected chi connectivity index (χ1v) is 3.52. The molecule has 0 N–H and O–H groups in total. The van der Waals surface area contributed by atoms with Crippen molar-refractivity contribution in [3.63, 3.8) is 0 Å². The quantitative estimate of drug-likeness (QED) is 0.617. The summed E-state index contributed by atoms with van der Waals surface area (Å²) in [6.07, 6.45) is 3.19. The standard InChI is InChI=1S/C5H3N3OS/c1-2-10-5(6-1)4-3-9-8-7-4/h1-3H. The van der Waals surface area contributed by atoms with E-state index in [0.717, 1.165) is 5.01 Å². The van der Waals surface area contributed by atoms with Gasteiger partial charge in [0.2, 0.25) is 0 Å². The molecule has 0 radical (unpaired) electrons. The summed E-state index contributed by atoms with van der Waals surface area (Å²) in [5.74, 6) is 0. The maximum atomic E-state index is 4.54. The Morgan fingerprint density at radius 2 is 2.50 bits per heavy atom. The van der Waals surface area contributed by atoms with Gasteiger partial charge < -0.3 is 4.52 Å². The molecular weight excluding hydrogens is 150 g/mol. The van der Waals surface area contributed by atoms with Crippen LogP contribution >= 0.6 is 11.3 Å². The maximum absolute atomic E-state index is 4.54. The summed E-state index contributed by atoms with van der Waals surface area (Å²) < 4.78 is 4.54. The van der Waals surface area contributed by atoms with Gasteiger partial charge in [-0.25, -0.2) is 4.98 Å². The van der Waals surface area contributed by atoms with Gasteiger partial charge in [-0.2, -0.15) is 0 Å². The third-order valence-electron chi connectivity index (χ3n) is 1.01. The Morgan fingerprint density at radius 3 is 3.10 bits per heavy atom. The minimum absolute atomic E-state index is 0.690. The predicted molar refractivity (Wildman–Crippen MR) is 35.4 cm³/mol. The molecular formula is C5H3N3OS. The Balaban J connectivity index is 2.48. The zero-order chi connectivity index (χ0) is 6.81. The van der Waals surface area contributed by atoms with Gasteiger partial charge >= 0.3 is 0 Å². The van der Waals surface area contributed by atoms with E-state index in [1.165, 1.54) is 17.6 Å². The van der Waals surface area contributed by atoms with E-state index in [9.17, 15) is 0 Å². The number of aromatic nitrogens is 3. The average Bonchev–Trinajstić information content (AvgIpc) is 2.59. The van der Waals surface area contributed by atoms with Crippen LogP contribution in [-0.4, -0.2) is 15.4 Å². The average molecular weight is 153 g/mol. The van der Waals surface area contributed by atoms with Crippen molar-refractivity contribution in [2.75, 3.05) is 0 Å². The lowest BCUT2D eigenvalue weighted by molar-refractivity contribution is 0.393. The fraction of sp³-hybridized carbons (Fsp3) is 0. The molecule has 2 aromatic rings. The van der Waals surface area contributed by atoms with Gasteiger partial charge in [0.05, 0.1) is 0 Å². The Hall–Kier alpha value is -1.23. The van der Waals surface area contributed by atoms with Crippen LogP contribution in [0.2, 0.25) is 0 Å². The fourth-order valence-electron chi connectivity index (χ4n) is 0.608. The van der Waals surface area contributed by atoms with Crippen molar-refractivity contribution < 1.29 is 4.52 Å². The molecule has 0 aliphatic rings. The molecule has 0 aliphatic heterocycles. The van der Waals surface area contributed by atoms with Crippen LogP contribution in [0.5, 0.6) is 0 Å². The summed E-state index contributed by atoms with van der Waals surface area (Å²) in [5, 5.41) is 9.72. The van der Waals surface area contributed by atoms with Gasteiger partial charge in [-0.05, 0) is 0 Å². The molecule has 2 aromatic heterocycles. The van der Waals surface area contributed by atoms with Gasteiger partial charge in [0.15, 0.2) is 12.0 Å². The first-order chi connectivity index (χ1) is 4.97. The summed E-state index contributed by atoms with van der Waals surface area (Å²) in [4.78, 5) is 4.01. The van der Waals surface area contributed by atoms with E-state index >= 15 is 0 Å². The van der Waals surface area contributed by atoms with Crippen LogP contribution in [0, 0.1) is 0 Å². The van der Waals surface area contributed by atoms with Crippen molar-refractivity contribution >= 4 is 11.3 Å². The molecule has 0 atom stereocenters. The monoisotopic (exact) mass is 153 g/mol. The first kappa shape index (κ1) is 5.55. The van der Waals surface area contributed by atoms with Crippen molar-refractivity contribution in [1.29, 1.82) is 0 Å². The summed E-state index contributed by atoms with van der Waals surface area (Å²) >= 11 is 1.51. The topological polar surface area (TPSA) is 51.8 Å². The molecule has 0 saturated heterocycles. The molecule has 0 saturated carbocycles. The number of nitrogens with zero attached hydrogens (tertiary/aromatic N) is 3. The second kappa shape index (κ2) is 2.18. The number of hydrogen-bond donors (Lipinski definition) is 0. The van der Waals surface area contributed by atoms with Crippen molar-refractivity contribution in [3.8, 4) is 10.7 Å². The highest BCUT2D eigenvalue weighted by Crippen LogP contribution is 2.17. The molecule has 0 unspecified atom stereocenters. The van der Waals surface area contributed by atoms with E-state index in [-0.39, 0.29) is 0 Å². The molecule has 0 amide bonds. The number of hydrogen-bond acceptors (Lipinski definition) is 5. The lowest BCUT2D eigenvalue weighted by Gasteiger charge is -1.78. The van der Waals surface area contributed by atoms with Gasteiger partial charge in [0, 0.05) is 16.8 Å². The third-order valence-corrected chi connectivity index (χ3v) is 1.81. The fourth-order valence-corrected chi connectivity index (χ4v) is 1.19. The summed E-state index contributed by atoms with van der Waals surface area (Å²) in [7, 11) is 0. The SMILES string of the molecule is c1csc(-c2conn2)n1. The zero-order valence-electron chi connectivity index (χ0n) is 4.89. The van der Waals surface area contributed by atoms with Gasteiger partial charge in [-0.15, -0.1) is 16.4 Å². The van der Waals surface area contributed by atoms with Crippen molar-refractivity contribution in [1.82, 2.24) is 15.4 Å². The van der Waals surface area contributed by atoms with Crippen LogP contribution in [0.15, 0.2) is 22.4 Å². The van der Waals surface area contributed by atoms with E-state index in [0.29, 0.717) is 5.69 Å². The Labute approximate surface area is 60.5 Å². The normalized spacial score (nSPS) is 10.0. The highest BCUT2D eigenvalue weighted by molar-refractivity contribution is 7.13. The summed E-state index contributed by atoms with van der Waals surface area (Å²) in [6.45, 7) is 0. The second-order valence-corrected chi connectivity index (χ2v) is 2.52. The molecule has 0 aromatic carbocycles. The molecule has 5 heteroatoms. The number of thiazole rings is 1. The van der Waals surface area contributed by atoms with Gasteiger partial charge in [-0.3, -0.25) is 0 Å². The van der Waals surface area contributed by atoms with Gasteiger partial charge in [-0.1, -0.05) is 0 Å². The van der Waals surface area contributed by atoms with Crippen LogP contribution in [-0.2, 0) is 0 Å². The van der Waals surface area contributed by atoms with Crippen molar-refractivity contribution in [3.05, 3.63) is 17.8 Å². The Morgan fingerprint density at radius 1 is 1.50 bits per heavy atom.